The topological polar surface area (TPSA) is 86.8 Å². The zero-order valence-corrected chi connectivity index (χ0v) is 11.0. The Hall–Kier alpha value is -2.50. The number of aromatic nitrogens is 2. The van der Waals surface area contributed by atoms with Gasteiger partial charge in [-0.2, -0.15) is 0 Å². The van der Waals surface area contributed by atoms with Gasteiger partial charge < -0.3 is 11.1 Å². The van der Waals surface area contributed by atoms with Crippen LogP contribution in [0.2, 0.25) is 0 Å². The zero-order valence-electron chi connectivity index (χ0n) is 11.0. The average Bonchev–Trinajstić information content (AvgIpc) is 2.84. The molecule has 0 bridgehead atoms. The first-order valence-electron chi connectivity index (χ1n) is 6.14. The van der Waals surface area contributed by atoms with Crippen LogP contribution in [-0.2, 0) is 13.6 Å². The summed E-state index contributed by atoms with van der Waals surface area (Å²) in [6.45, 7) is 1.54. The van der Waals surface area contributed by atoms with E-state index < -0.39 is 0 Å². The smallest absolute Gasteiger partial charge is 0.291 e. The number of aryl methyl sites for hydroxylation is 1. The molecule has 0 fully saturated rings. The van der Waals surface area contributed by atoms with Crippen molar-refractivity contribution in [3.63, 3.8) is 0 Å². The number of allylic oxidation sites excluding steroid dienone is 3. The summed E-state index contributed by atoms with van der Waals surface area (Å²) in [4.78, 5) is 3.12. The average molecular weight is 260 g/mol. The van der Waals surface area contributed by atoms with Crippen LogP contribution in [0.25, 0.3) is 0 Å². The van der Waals surface area contributed by atoms with E-state index in [1.807, 2.05) is 54.8 Å². The second-order valence-corrected chi connectivity index (χ2v) is 4.35. The van der Waals surface area contributed by atoms with E-state index in [9.17, 15) is 0 Å². The lowest BCUT2D eigenvalue weighted by atomic mass is 10.2. The van der Waals surface area contributed by atoms with E-state index in [0.29, 0.717) is 18.1 Å². The van der Waals surface area contributed by atoms with Gasteiger partial charge in [0.15, 0.2) is 0 Å². The highest BCUT2D eigenvalue weighted by Gasteiger charge is 2.10. The molecule has 2 rings (SSSR count). The van der Waals surface area contributed by atoms with Gasteiger partial charge in [-0.3, -0.25) is 10.7 Å². The van der Waals surface area contributed by atoms with Crippen molar-refractivity contribution in [2.75, 3.05) is 6.54 Å². The standard InChI is InChI=1S/C13H19N6/c1-18-8-9-19(10-18)7-6-17-13(15)12(14)11-4-2-3-5-16-11/h2-5,8-10,16H,6-7,14H2,1H3,(H2,15,17)/q+1/p+1/b12-11+. The molecule has 6 nitrogen and oxygen atoms in total. The zero-order chi connectivity index (χ0) is 13.7. The minimum absolute atomic E-state index is 0.485. The third-order valence-corrected chi connectivity index (χ3v) is 2.80. The molecular weight excluding hydrogens is 240 g/mol. The summed E-state index contributed by atoms with van der Waals surface area (Å²) in [5.41, 5.74) is 13.2. The molecule has 0 aliphatic carbocycles. The minimum Gasteiger partial charge on any atom is -0.390 e. The van der Waals surface area contributed by atoms with Crippen LogP contribution < -0.4 is 26.3 Å². The molecule has 6 N–H and O–H groups in total. The third-order valence-electron chi connectivity index (χ3n) is 2.80. The Balaban J connectivity index is 1.95. The van der Waals surface area contributed by atoms with Crippen LogP contribution in [0.1, 0.15) is 0 Å². The van der Waals surface area contributed by atoms with Crippen LogP contribution in [0.5, 0.6) is 0 Å². The number of amidine groups is 1. The fraction of sp³-hybridized carbons (Fsp3) is 0.231. The second kappa shape index (κ2) is 5.90. The number of nitrogens with two attached hydrogens (primary N) is 2. The fourth-order valence-electron chi connectivity index (χ4n) is 1.75. The fourth-order valence-corrected chi connectivity index (χ4v) is 1.75. The Morgan fingerprint density at radius 2 is 2.26 bits per heavy atom. The van der Waals surface area contributed by atoms with Crippen LogP contribution in [0, 0.1) is 0 Å². The SMILES string of the molecule is C[n+]1ccn(CC[NH+]=C(N)/C(N)=C2/C=CC=CN2)c1. The predicted molar refractivity (Wildman–Crippen MR) is 73.3 cm³/mol. The maximum Gasteiger partial charge on any atom is 0.291 e. The molecule has 0 saturated heterocycles. The molecule has 0 spiro atoms. The minimum atomic E-state index is 0.485. The molecule has 0 amide bonds. The summed E-state index contributed by atoms with van der Waals surface area (Å²) in [6, 6.07) is 0. The monoisotopic (exact) mass is 260 g/mol. The summed E-state index contributed by atoms with van der Waals surface area (Å²) < 4.78 is 4.07. The lowest BCUT2D eigenvalue weighted by molar-refractivity contribution is -0.671. The number of dihydropyridines is 1. The molecule has 100 valence electrons. The molecule has 1 aromatic rings. The van der Waals surface area contributed by atoms with Crippen molar-refractivity contribution in [2.45, 2.75) is 6.54 Å². The largest absolute Gasteiger partial charge is 0.390 e. The van der Waals surface area contributed by atoms with Gasteiger partial charge in [-0.05, 0) is 12.2 Å². The van der Waals surface area contributed by atoms with Gasteiger partial charge in [0, 0.05) is 6.20 Å². The lowest BCUT2D eigenvalue weighted by Crippen LogP contribution is -2.77. The van der Waals surface area contributed by atoms with Crippen LogP contribution in [-0.4, -0.2) is 16.9 Å². The highest BCUT2D eigenvalue weighted by atomic mass is 15.1. The van der Waals surface area contributed by atoms with Gasteiger partial charge in [-0.15, -0.1) is 0 Å². The Morgan fingerprint density at radius 3 is 2.89 bits per heavy atom. The van der Waals surface area contributed by atoms with E-state index in [0.717, 1.165) is 12.2 Å². The normalized spacial score (nSPS) is 17.4. The maximum absolute atomic E-state index is 5.97. The molecule has 2 heterocycles. The molecule has 0 aromatic carbocycles. The van der Waals surface area contributed by atoms with Gasteiger partial charge in [-0.1, -0.05) is 6.08 Å². The van der Waals surface area contributed by atoms with Gasteiger partial charge in [0.2, 0.25) is 6.33 Å². The van der Waals surface area contributed by atoms with E-state index >= 15 is 0 Å². The van der Waals surface area contributed by atoms with Crippen molar-refractivity contribution in [3.05, 3.63) is 54.5 Å². The van der Waals surface area contributed by atoms with Crippen LogP contribution in [0.4, 0.5) is 0 Å². The Kier molecular flexibility index (Phi) is 4.02. The first kappa shape index (κ1) is 12.9. The first-order valence-corrected chi connectivity index (χ1v) is 6.14. The highest BCUT2D eigenvalue weighted by Crippen LogP contribution is 2.00. The molecule has 0 unspecified atom stereocenters. The van der Waals surface area contributed by atoms with Gasteiger partial charge in [0.25, 0.3) is 5.84 Å². The molecule has 0 atom stereocenters. The predicted octanol–water partition coefficient (Wildman–Crippen LogP) is -2.41. The Morgan fingerprint density at radius 1 is 1.42 bits per heavy atom. The van der Waals surface area contributed by atoms with Gasteiger partial charge in [0.05, 0.1) is 12.7 Å². The van der Waals surface area contributed by atoms with E-state index in [4.69, 9.17) is 11.5 Å². The second-order valence-electron chi connectivity index (χ2n) is 4.35. The summed E-state index contributed by atoms with van der Waals surface area (Å²) in [5, 5.41) is 3.05. The Bertz CT molecular complexity index is 561. The quantitative estimate of drug-likeness (QED) is 0.276. The third kappa shape index (κ3) is 3.48. The summed E-state index contributed by atoms with van der Waals surface area (Å²) in [6.07, 6.45) is 13.5. The summed E-state index contributed by atoms with van der Waals surface area (Å²) in [7, 11) is 1.99. The van der Waals surface area contributed by atoms with Crippen molar-refractivity contribution in [2.24, 2.45) is 18.5 Å². The van der Waals surface area contributed by atoms with Crippen molar-refractivity contribution >= 4 is 5.84 Å². The van der Waals surface area contributed by atoms with Crippen LogP contribution >= 0.6 is 0 Å². The van der Waals surface area contributed by atoms with Crippen molar-refractivity contribution in [1.82, 2.24) is 9.88 Å². The van der Waals surface area contributed by atoms with Gasteiger partial charge in [-0.25, -0.2) is 9.13 Å². The molecule has 1 aliphatic rings. The molecule has 0 radical (unpaired) electrons. The van der Waals surface area contributed by atoms with Gasteiger partial charge >= 0.3 is 0 Å². The van der Waals surface area contributed by atoms with Crippen molar-refractivity contribution in [3.8, 4) is 0 Å². The summed E-state index contributed by atoms with van der Waals surface area (Å²) in [5.74, 6) is 0.485. The first-order chi connectivity index (χ1) is 9.16. The van der Waals surface area contributed by atoms with E-state index in [2.05, 4.69) is 14.9 Å². The molecule has 1 aliphatic heterocycles. The van der Waals surface area contributed by atoms with E-state index in [-0.39, 0.29) is 0 Å². The van der Waals surface area contributed by atoms with Crippen molar-refractivity contribution in [1.29, 1.82) is 0 Å². The molecule has 0 saturated carbocycles. The molecule has 6 heteroatoms. The highest BCUT2D eigenvalue weighted by molar-refractivity contribution is 5.92. The van der Waals surface area contributed by atoms with Crippen molar-refractivity contribution < 1.29 is 9.56 Å². The Labute approximate surface area is 112 Å². The van der Waals surface area contributed by atoms with Crippen LogP contribution in [0.3, 0.4) is 0 Å². The van der Waals surface area contributed by atoms with E-state index in [1.165, 1.54) is 0 Å². The number of hydrogen-bond acceptors (Lipinski definition) is 2. The number of nitrogens with zero attached hydrogens (tertiary/aromatic N) is 2. The summed E-state index contributed by atoms with van der Waals surface area (Å²) >= 11 is 0. The number of hydrogen-bond donors (Lipinski definition) is 4. The van der Waals surface area contributed by atoms with Crippen LogP contribution in [0.15, 0.2) is 54.5 Å². The van der Waals surface area contributed by atoms with Gasteiger partial charge in [0.1, 0.15) is 31.2 Å². The molecule has 1 aromatic heterocycles. The lowest BCUT2D eigenvalue weighted by Gasteiger charge is -2.07. The number of imidazole rings is 1. The number of nitrogens with one attached hydrogen (secondary N) is 2. The molecular formula is C13H20N6+2. The molecule has 19 heavy (non-hydrogen) atoms. The number of rotatable bonds is 4. The maximum atomic E-state index is 5.97. The van der Waals surface area contributed by atoms with E-state index in [1.54, 1.807) is 0 Å².